The van der Waals surface area contributed by atoms with Crippen LogP contribution in [0, 0.1) is 0 Å². The first kappa shape index (κ1) is 19.6. The zero-order chi connectivity index (χ0) is 20.9. The third-order valence-electron chi connectivity index (χ3n) is 5.23. The van der Waals surface area contributed by atoms with Crippen molar-refractivity contribution >= 4 is 24.0 Å². The second-order valence-electron chi connectivity index (χ2n) is 7.14. The third kappa shape index (κ3) is 4.17. The van der Waals surface area contributed by atoms with Crippen LogP contribution in [0.1, 0.15) is 23.5 Å². The molecule has 152 valence electrons. The Morgan fingerprint density at radius 1 is 1.17 bits per heavy atom. The Labute approximate surface area is 175 Å². The molecular formula is C24H23N3O3. The first-order chi connectivity index (χ1) is 14.7. The number of ether oxygens (including phenoxy) is 2. The van der Waals surface area contributed by atoms with Crippen molar-refractivity contribution in [1.29, 1.82) is 0 Å². The molecule has 30 heavy (non-hydrogen) atoms. The largest absolute Gasteiger partial charge is 0.493 e. The van der Waals surface area contributed by atoms with E-state index in [1.54, 1.807) is 24.4 Å². The Morgan fingerprint density at radius 2 is 2.07 bits per heavy atom. The van der Waals surface area contributed by atoms with Crippen molar-refractivity contribution in [3.63, 3.8) is 0 Å². The van der Waals surface area contributed by atoms with Gasteiger partial charge in [0.2, 0.25) is 5.91 Å². The molecule has 0 unspecified atom stereocenters. The van der Waals surface area contributed by atoms with E-state index >= 15 is 0 Å². The smallest absolute Gasteiger partial charge is 0.227 e. The lowest BCUT2D eigenvalue weighted by molar-refractivity contribution is -0.117. The number of anilines is 1. The average molecular weight is 401 g/mol. The summed E-state index contributed by atoms with van der Waals surface area (Å²) in [5, 5.41) is 0. The minimum absolute atomic E-state index is 0.0736. The number of rotatable bonds is 7. The summed E-state index contributed by atoms with van der Waals surface area (Å²) in [6, 6.07) is 17.3. The quantitative estimate of drug-likeness (QED) is 0.546. The van der Waals surface area contributed by atoms with Gasteiger partial charge in [-0.3, -0.25) is 14.8 Å². The van der Waals surface area contributed by atoms with Gasteiger partial charge in [0.15, 0.2) is 11.5 Å². The highest BCUT2D eigenvalue weighted by molar-refractivity contribution is 5.96. The monoisotopic (exact) mass is 401 g/mol. The zero-order valence-electron chi connectivity index (χ0n) is 16.8. The molecule has 0 radical (unpaired) electrons. The average Bonchev–Trinajstić information content (AvgIpc) is 3.19. The van der Waals surface area contributed by atoms with E-state index in [0.29, 0.717) is 31.1 Å². The second-order valence-corrected chi connectivity index (χ2v) is 7.14. The van der Waals surface area contributed by atoms with Gasteiger partial charge < -0.3 is 14.4 Å². The molecule has 1 aromatic heterocycles. The van der Waals surface area contributed by atoms with Crippen LogP contribution in [0.3, 0.4) is 0 Å². The number of benzene rings is 2. The molecule has 3 aromatic rings. The number of carbonyl (C=O) groups excluding carboxylic acids is 1. The van der Waals surface area contributed by atoms with Crippen molar-refractivity contribution < 1.29 is 14.3 Å². The Bertz CT molecular complexity index is 1050. The summed E-state index contributed by atoms with van der Waals surface area (Å²) in [5.41, 5.74) is 3.61. The van der Waals surface area contributed by atoms with Gasteiger partial charge in [-0.05, 0) is 48.7 Å². The molecule has 6 nitrogen and oxygen atoms in total. The topological polar surface area (TPSA) is 64.0 Å². The van der Waals surface area contributed by atoms with Gasteiger partial charge in [-0.2, -0.15) is 0 Å². The van der Waals surface area contributed by atoms with E-state index in [1.807, 2.05) is 54.6 Å². The molecule has 0 spiro atoms. The number of carbonyl (C=O) groups is 1. The van der Waals surface area contributed by atoms with E-state index in [0.717, 1.165) is 22.5 Å². The SMILES string of the molecule is C=Nc1cccc(N2C[C@@H](c3ccc(OC)c(OCc4cccnc4)c3)CC2=O)c1. The van der Waals surface area contributed by atoms with Crippen molar-refractivity contribution in [2.75, 3.05) is 18.6 Å². The van der Waals surface area contributed by atoms with Gasteiger partial charge >= 0.3 is 0 Å². The van der Waals surface area contributed by atoms with Gasteiger partial charge in [0.1, 0.15) is 6.61 Å². The number of hydrogen-bond donors (Lipinski definition) is 0. The highest BCUT2D eigenvalue weighted by atomic mass is 16.5. The van der Waals surface area contributed by atoms with Crippen molar-refractivity contribution in [3.05, 3.63) is 78.1 Å². The molecule has 1 saturated heterocycles. The number of aromatic nitrogens is 1. The molecule has 1 amide bonds. The summed E-state index contributed by atoms with van der Waals surface area (Å²) in [6.07, 6.45) is 3.95. The van der Waals surface area contributed by atoms with E-state index in [1.165, 1.54) is 0 Å². The molecule has 1 fully saturated rings. The second kappa shape index (κ2) is 8.78. The molecule has 1 atom stereocenters. The van der Waals surface area contributed by atoms with Crippen LogP contribution in [0.25, 0.3) is 0 Å². The minimum Gasteiger partial charge on any atom is -0.493 e. The maximum Gasteiger partial charge on any atom is 0.227 e. The first-order valence-electron chi connectivity index (χ1n) is 9.74. The first-order valence-corrected chi connectivity index (χ1v) is 9.74. The summed E-state index contributed by atoms with van der Waals surface area (Å²) in [4.78, 5) is 22.6. The Morgan fingerprint density at radius 3 is 2.83 bits per heavy atom. The fraction of sp³-hybridized carbons (Fsp3) is 0.208. The van der Waals surface area contributed by atoms with Crippen LogP contribution in [-0.2, 0) is 11.4 Å². The van der Waals surface area contributed by atoms with Crippen molar-refractivity contribution in [3.8, 4) is 11.5 Å². The van der Waals surface area contributed by atoms with E-state index in [4.69, 9.17) is 9.47 Å². The zero-order valence-corrected chi connectivity index (χ0v) is 16.8. The lowest BCUT2D eigenvalue weighted by Gasteiger charge is -2.18. The molecule has 0 bridgehead atoms. The van der Waals surface area contributed by atoms with Crippen LogP contribution in [0.15, 0.2) is 72.0 Å². The van der Waals surface area contributed by atoms with Crippen molar-refractivity contribution in [1.82, 2.24) is 4.98 Å². The number of hydrogen-bond acceptors (Lipinski definition) is 5. The standard InChI is InChI=1S/C24H23N3O3/c1-25-20-6-3-7-21(13-20)27-15-19(12-24(27)28)18-8-9-22(29-2)23(11-18)30-16-17-5-4-10-26-14-17/h3-11,13-14,19H,1,12,15-16H2,2H3/t19-/m0/s1. The van der Waals surface area contributed by atoms with Gasteiger partial charge in [-0.25, -0.2) is 0 Å². The van der Waals surface area contributed by atoms with E-state index in [9.17, 15) is 4.79 Å². The predicted molar refractivity (Wildman–Crippen MR) is 117 cm³/mol. The molecule has 1 aliphatic rings. The molecule has 0 saturated carbocycles. The Hall–Kier alpha value is -3.67. The lowest BCUT2D eigenvalue weighted by Crippen LogP contribution is -2.24. The summed E-state index contributed by atoms with van der Waals surface area (Å²) < 4.78 is 11.5. The lowest BCUT2D eigenvalue weighted by atomic mass is 9.98. The van der Waals surface area contributed by atoms with Gasteiger partial charge in [-0.1, -0.05) is 18.2 Å². The molecule has 4 rings (SSSR count). The maximum absolute atomic E-state index is 12.7. The predicted octanol–water partition coefficient (Wildman–Crippen LogP) is 4.52. The molecule has 0 N–H and O–H groups in total. The van der Waals surface area contributed by atoms with Crippen LogP contribution in [0.4, 0.5) is 11.4 Å². The number of pyridine rings is 1. The van der Waals surface area contributed by atoms with E-state index in [-0.39, 0.29) is 11.8 Å². The van der Waals surface area contributed by atoms with Gasteiger partial charge in [0.25, 0.3) is 0 Å². The van der Waals surface area contributed by atoms with E-state index < -0.39 is 0 Å². The molecule has 2 aromatic carbocycles. The number of methoxy groups -OCH3 is 1. The van der Waals surface area contributed by atoms with Gasteiger partial charge in [-0.15, -0.1) is 0 Å². The summed E-state index contributed by atoms with van der Waals surface area (Å²) in [5.74, 6) is 1.48. The summed E-state index contributed by atoms with van der Waals surface area (Å²) >= 11 is 0. The number of aliphatic imine (C=N–C) groups is 1. The molecule has 6 heteroatoms. The van der Waals surface area contributed by atoms with Crippen LogP contribution >= 0.6 is 0 Å². The fourth-order valence-electron chi connectivity index (χ4n) is 3.64. The fourth-order valence-corrected chi connectivity index (χ4v) is 3.64. The maximum atomic E-state index is 12.7. The summed E-state index contributed by atoms with van der Waals surface area (Å²) in [7, 11) is 1.62. The normalized spacial score (nSPS) is 15.8. The Balaban J connectivity index is 1.53. The highest BCUT2D eigenvalue weighted by Gasteiger charge is 2.32. The van der Waals surface area contributed by atoms with Gasteiger partial charge in [0, 0.05) is 42.5 Å². The molecule has 1 aliphatic heterocycles. The Kier molecular flexibility index (Phi) is 5.75. The molecular weight excluding hydrogens is 378 g/mol. The number of amides is 1. The molecule has 2 heterocycles. The number of nitrogens with zero attached hydrogens (tertiary/aromatic N) is 3. The van der Waals surface area contributed by atoms with Crippen molar-refractivity contribution in [2.24, 2.45) is 4.99 Å². The van der Waals surface area contributed by atoms with Crippen molar-refractivity contribution in [2.45, 2.75) is 18.9 Å². The van der Waals surface area contributed by atoms with Crippen LogP contribution in [0.5, 0.6) is 11.5 Å². The van der Waals surface area contributed by atoms with Crippen LogP contribution in [0.2, 0.25) is 0 Å². The third-order valence-corrected chi connectivity index (χ3v) is 5.23. The van der Waals surface area contributed by atoms with Crippen LogP contribution in [-0.4, -0.2) is 31.3 Å². The minimum atomic E-state index is 0.0736. The summed E-state index contributed by atoms with van der Waals surface area (Å²) in [6.45, 7) is 4.56. The van der Waals surface area contributed by atoms with Crippen LogP contribution < -0.4 is 14.4 Å². The van der Waals surface area contributed by atoms with E-state index in [2.05, 4.69) is 16.7 Å². The van der Waals surface area contributed by atoms with Gasteiger partial charge in [0.05, 0.1) is 12.8 Å². The highest BCUT2D eigenvalue weighted by Crippen LogP contribution is 2.37. The molecule has 0 aliphatic carbocycles.